The zero-order chi connectivity index (χ0) is 59.7. The van der Waals surface area contributed by atoms with Crippen LogP contribution in [0.25, 0.3) is 0 Å². The van der Waals surface area contributed by atoms with E-state index in [0.717, 1.165) is 22.3 Å². The van der Waals surface area contributed by atoms with E-state index in [-0.39, 0.29) is 62.7 Å². The molecule has 0 aromatic heterocycles. The predicted octanol–water partition coefficient (Wildman–Crippen LogP) is 4.10. The fraction of sp³-hybridized carbons (Fsp3) is 0.679. The van der Waals surface area contributed by atoms with Gasteiger partial charge in [-0.05, 0) is 51.3 Å². The number of nitrogens with zero attached hydrogens (tertiary/aromatic N) is 3. The van der Waals surface area contributed by atoms with E-state index in [1.807, 2.05) is 26.8 Å². The molecule has 3 saturated heterocycles. The third kappa shape index (κ3) is 18.9. The number of imide groups is 1. The molecule has 1 unspecified atom stereocenters. The van der Waals surface area contributed by atoms with Gasteiger partial charge < -0.3 is 67.6 Å². The number of ether oxygens (including phenoxy) is 9. The number of fused-ring (bicyclic) bond motifs is 5. The number of aliphatic hydroxyl groups is 1. The number of anilines is 1. The molecule has 4 bridgehead atoms. The van der Waals surface area contributed by atoms with E-state index in [2.05, 4.69) is 10.6 Å². The Morgan fingerprint density at radius 1 is 1.00 bits per heavy atom. The number of likely N-dealkylation sites (tertiary alicyclic amines) is 1. The highest BCUT2D eigenvalue weighted by molar-refractivity contribution is 8.02. The molecular weight excluding hydrogens is 1100 g/mol. The molecule has 1 aromatic rings. The van der Waals surface area contributed by atoms with Crippen LogP contribution in [-0.2, 0) is 77.9 Å². The summed E-state index contributed by atoms with van der Waals surface area (Å²) < 4.78 is 50.4. The largest absolute Gasteiger partial charge is 0.495 e. The monoisotopic (exact) mass is 1180 g/mol. The molecule has 4 aliphatic rings. The number of carbonyl (C=O) groups excluding carboxylic acids is 8. The zero-order valence-electron chi connectivity index (χ0n) is 48.2. The van der Waals surface area contributed by atoms with Crippen LogP contribution in [-0.4, -0.2) is 209 Å². The van der Waals surface area contributed by atoms with Crippen molar-refractivity contribution in [3.05, 3.63) is 46.5 Å². The number of hydrogen-bond acceptors (Lipinski definition) is 19. The first-order valence-corrected chi connectivity index (χ1v) is 28.5. The van der Waals surface area contributed by atoms with E-state index in [4.69, 9.17) is 54.2 Å². The smallest absolute Gasteiger partial charge is 0.409 e. The zero-order valence-corrected chi connectivity index (χ0v) is 49.8. The van der Waals surface area contributed by atoms with Gasteiger partial charge in [-0.15, -0.1) is 11.8 Å². The number of nitrogens with one attached hydrogen (secondary N) is 2. The van der Waals surface area contributed by atoms with Crippen molar-refractivity contribution in [2.24, 2.45) is 5.92 Å². The Hall–Kier alpha value is -5.18. The number of carbonyl (C=O) groups is 8. The van der Waals surface area contributed by atoms with Crippen LogP contribution in [0.1, 0.15) is 92.1 Å². The van der Waals surface area contributed by atoms with Gasteiger partial charge in [-0.2, -0.15) is 0 Å². The number of amides is 6. The molecule has 4 aliphatic heterocycles. The molecule has 452 valence electrons. The van der Waals surface area contributed by atoms with E-state index < -0.39 is 99.8 Å². The average molecular weight is 1180 g/mol. The summed E-state index contributed by atoms with van der Waals surface area (Å²) in [7, 11) is 5.88. The number of aldehydes is 1. The molecule has 81 heavy (non-hydrogen) atoms. The summed E-state index contributed by atoms with van der Waals surface area (Å²) in [6, 6.07) is 2.38. The average Bonchev–Trinajstić information content (AvgIpc) is 4.20. The van der Waals surface area contributed by atoms with Crippen molar-refractivity contribution < 1.29 is 86.1 Å². The summed E-state index contributed by atoms with van der Waals surface area (Å²) in [5, 5.41) is 16.6. The van der Waals surface area contributed by atoms with Gasteiger partial charge in [0.2, 0.25) is 29.5 Å². The first-order chi connectivity index (χ1) is 38.4. The van der Waals surface area contributed by atoms with E-state index in [1.165, 1.54) is 49.8 Å². The van der Waals surface area contributed by atoms with E-state index in [0.29, 0.717) is 70.5 Å². The summed E-state index contributed by atoms with van der Waals surface area (Å²) in [6.45, 7) is 13.5. The minimum absolute atomic E-state index is 0.0346. The van der Waals surface area contributed by atoms with Gasteiger partial charge in [0.15, 0.2) is 5.72 Å². The number of benzene rings is 1. The second-order valence-electron chi connectivity index (χ2n) is 21.4. The lowest BCUT2D eigenvalue weighted by Gasteiger charge is -2.42. The standard InChI is InChI=1S/C56H82ClN5O18S/c1-35-13-11-14-43(73-10)56(71)34-41(78-53(70)59-56)36(2)50-55(6,80-50)44(33-47(66)61(8)39-30-38(29-35)31-40(72-9)49(39)57)79-52(69)37(3)60(7)46(65)15-17-54(4,5)81-42-32-48(67)62(51(42)68)19-16-45(64)58-18-22-75-24-26-77-28-27-76-25-23-74-21-12-20-63/h11,13-14,20,30-31,36-37,41-44,50,71H,12,15-19,21-29,32-34H2,1-10H3,(H,58,64)(H,59,70)/b14-11+,35-13+/t36-,37+,41+,42?,43-,44+,50+,55+,56+/m1/s1. The molecule has 0 aliphatic carbocycles. The van der Waals surface area contributed by atoms with Gasteiger partial charge in [0, 0.05) is 77.1 Å². The lowest BCUT2D eigenvalue weighted by molar-refractivity contribution is -0.162. The van der Waals surface area contributed by atoms with Gasteiger partial charge in [0.25, 0.3) is 0 Å². The maximum Gasteiger partial charge on any atom is 0.409 e. The Kier molecular flexibility index (Phi) is 25.4. The Balaban J connectivity index is 1.15. The third-order valence-electron chi connectivity index (χ3n) is 14.8. The summed E-state index contributed by atoms with van der Waals surface area (Å²) >= 11 is 8.10. The summed E-state index contributed by atoms with van der Waals surface area (Å²) in [5.74, 6) is -3.17. The van der Waals surface area contributed by atoms with Gasteiger partial charge in [0.1, 0.15) is 47.0 Å². The number of alkyl carbamates (subject to hydrolysis) is 1. The molecule has 4 heterocycles. The number of rotatable bonds is 28. The summed E-state index contributed by atoms with van der Waals surface area (Å²) in [5.41, 5.74) is -1.21. The normalized spacial score (nSPS) is 26.6. The van der Waals surface area contributed by atoms with E-state index in [1.54, 1.807) is 45.2 Å². The lowest BCUT2D eigenvalue weighted by Crippen LogP contribution is -2.63. The highest BCUT2D eigenvalue weighted by Crippen LogP contribution is 2.49. The minimum Gasteiger partial charge on any atom is -0.495 e. The van der Waals surface area contributed by atoms with Gasteiger partial charge in [-0.1, -0.05) is 56.2 Å². The topological polar surface area (TPSA) is 277 Å². The Morgan fingerprint density at radius 3 is 2.30 bits per heavy atom. The molecule has 23 nitrogen and oxygen atoms in total. The molecule has 6 amide bonds. The van der Waals surface area contributed by atoms with Crippen LogP contribution in [0.4, 0.5) is 10.5 Å². The highest BCUT2D eigenvalue weighted by atomic mass is 35.5. The first-order valence-electron chi connectivity index (χ1n) is 27.3. The third-order valence-corrected chi connectivity index (χ3v) is 16.6. The Bertz CT molecular complexity index is 2450. The number of epoxide rings is 1. The molecule has 0 radical (unpaired) electrons. The second kappa shape index (κ2) is 30.9. The van der Waals surface area contributed by atoms with Crippen LogP contribution in [0, 0.1) is 5.92 Å². The minimum atomic E-state index is -1.89. The Morgan fingerprint density at radius 2 is 1.65 bits per heavy atom. The molecule has 0 saturated carbocycles. The number of esters is 1. The highest BCUT2D eigenvalue weighted by Gasteiger charge is 2.64. The van der Waals surface area contributed by atoms with E-state index in [9.17, 15) is 43.5 Å². The predicted molar refractivity (Wildman–Crippen MR) is 299 cm³/mol. The van der Waals surface area contributed by atoms with Gasteiger partial charge in [0.05, 0.1) is 83.4 Å². The maximum absolute atomic E-state index is 14.4. The number of thioether (sulfide) groups is 1. The van der Waals surface area contributed by atoms with Crippen LogP contribution < -0.4 is 20.3 Å². The second-order valence-corrected chi connectivity index (χ2v) is 23.7. The lowest BCUT2D eigenvalue weighted by atomic mass is 9.83. The van der Waals surface area contributed by atoms with Crippen molar-refractivity contribution in [3.63, 3.8) is 0 Å². The molecule has 3 fully saturated rings. The quantitative estimate of drug-likeness (QED) is 0.0350. The van der Waals surface area contributed by atoms with Crippen LogP contribution in [0.3, 0.4) is 0 Å². The molecule has 1 aromatic carbocycles. The number of likely N-dealkylation sites (N-methyl/N-ethyl adjacent to an activating group) is 1. The summed E-state index contributed by atoms with van der Waals surface area (Å²) in [6.07, 6.45) is 1.55. The van der Waals surface area contributed by atoms with Gasteiger partial charge in [-0.3, -0.25) is 34.2 Å². The number of halogens is 1. The number of methoxy groups -OCH3 is 2. The molecule has 9 atom stereocenters. The van der Waals surface area contributed by atoms with Crippen molar-refractivity contribution >= 4 is 76.9 Å². The van der Waals surface area contributed by atoms with E-state index >= 15 is 0 Å². The molecule has 0 spiro atoms. The van der Waals surface area contributed by atoms with Crippen LogP contribution in [0.2, 0.25) is 5.02 Å². The van der Waals surface area contributed by atoms with Crippen molar-refractivity contribution in [2.45, 2.75) is 145 Å². The Labute approximate surface area is 483 Å². The maximum atomic E-state index is 14.4. The van der Waals surface area contributed by atoms with Crippen LogP contribution in [0.15, 0.2) is 35.9 Å². The first kappa shape index (κ1) is 66.6. The fourth-order valence-corrected chi connectivity index (χ4v) is 11.4. The van der Waals surface area contributed by atoms with Crippen molar-refractivity contribution in [3.8, 4) is 5.75 Å². The van der Waals surface area contributed by atoms with Crippen molar-refractivity contribution in [1.29, 1.82) is 0 Å². The fourth-order valence-electron chi connectivity index (χ4n) is 9.68. The number of hydrogen-bond donors (Lipinski definition) is 3. The summed E-state index contributed by atoms with van der Waals surface area (Å²) in [4.78, 5) is 109. The van der Waals surface area contributed by atoms with Crippen molar-refractivity contribution in [2.75, 3.05) is 99.2 Å². The number of allylic oxidation sites excluding steroid dienone is 3. The molecule has 5 rings (SSSR count). The van der Waals surface area contributed by atoms with Gasteiger partial charge >= 0.3 is 12.1 Å². The van der Waals surface area contributed by atoms with Crippen molar-refractivity contribution in [1.82, 2.24) is 20.4 Å². The van der Waals surface area contributed by atoms with Crippen LogP contribution in [0.5, 0.6) is 5.75 Å². The molecular formula is C56H82ClN5O18S. The van der Waals surface area contributed by atoms with Gasteiger partial charge in [-0.25, -0.2) is 9.59 Å². The SMILES string of the molecule is COc1cc2cc(c1Cl)N(C)C(=O)C[C@H](OC(=O)[C@H](C)N(C)C(=O)CCC(C)(C)SC1CC(=O)N(CCC(=O)NCCOCCOCCOCCOCCC=O)C1=O)[C@]1(C)O[C@H]1[C@H](C)[C@@H]1C[C@@](O)(NC(=O)O1)[C@H](OC)/C=C/C=C(\C)C2. The van der Waals surface area contributed by atoms with Crippen LogP contribution >= 0.6 is 23.4 Å². The molecule has 25 heteroatoms. The molecule has 3 N–H and O–H groups in total.